The summed E-state index contributed by atoms with van der Waals surface area (Å²) in [5.41, 5.74) is 3.36. The predicted octanol–water partition coefficient (Wildman–Crippen LogP) is 13.9. The largest absolute Gasteiger partial charge is 0.492 e. The van der Waals surface area contributed by atoms with Crippen molar-refractivity contribution in [2.24, 2.45) is 22.7 Å². The number of hydrogen-bond acceptors (Lipinski definition) is 16. The Morgan fingerprint density at radius 3 is 2.04 bits per heavy atom. The highest BCUT2D eigenvalue weighted by Crippen LogP contribution is 2.46. The van der Waals surface area contributed by atoms with Crippen LogP contribution in [0.5, 0.6) is 11.5 Å². The number of alkyl halides is 1. The second-order valence-corrected chi connectivity index (χ2v) is 33.1. The van der Waals surface area contributed by atoms with Crippen LogP contribution in [0.1, 0.15) is 183 Å². The number of rotatable bonds is 37. The van der Waals surface area contributed by atoms with E-state index in [2.05, 4.69) is 41.8 Å². The third-order valence-electron chi connectivity index (χ3n) is 22.0. The van der Waals surface area contributed by atoms with Crippen molar-refractivity contribution < 1.29 is 66.8 Å². The van der Waals surface area contributed by atoms with Crippen LogP contribution in [0.25, 0.3) is 21.7 Å². The highest BCUT2D eigenvalue weighted by atomic mass is 35.5. The number of ether oxygens (including phenoxy) is 5. The monoisotopic (exact) mass is 1590 g/mol. The fraction of sp³-hybridized carbons (Fsp3) is 0.552. The number of aromatic amines is 1. The zero-order valence-corrected chi connectivity index (χ0v) is 69.4. The van der Waals surface area contributed by atoms with Gasteiger partial charge in [0.25, 0.3) is 11.8 Å². The molecule has 2 fully saturated rings. The third kappa shape index (κ3) is 26.3. The van der Waals surface area contributed by atoms with Crippen molar-refractivity contribution in [2.45, 2.75) is 175 Å². The van der Waals surface area contributed by atoms with Crippen LogP contribution in [0, 0.1) is 22.7 Å². The summed E-state index contributed by atoms with van der Waals surface area (Å²) in [4.78, 5) is 134. The lowest BCUT2D eigenvalue weighted by Gasteiger charge is -2.37. The van der Waals surface area contributed by atoms with Crippen molar-refractivity contribution in [3.63, 3.8) is 0 Å². The Hall–Kier alpha value is -9.50. The molecule has 4 atom stereocenters. The molecule has 3 aliphatic rings. The number of nitrogens with one attached hydrogen (secondary N) is 7. The van der Waals surface area contributed by atoms with Gasteiger partial charge in [-0.1, -0.05) is 116 Å². The summed E-state index contributed by atoms with van der Waals surface area (Å²) in [6.07, 6.45) is 12.8. The summed E-state index contributed by atoms with van der Waals surface area (Å²) in [5, 5.41) is 19.5. The van der Waals surface area contributed by atoms with E-state index in [1.807, 2.05) is 84.8 Å². The molecular weight excluding hydrogens is 1470 g/mol. The van der Waals surface area contributed by atoms with Gasteiger partial charge in [0.05, 0.1) is 25.5 Å². The first-order valence-corrected chi connectivity index (χ1v) is 41.1. The van der Waals surface area contributed by atoms with Crippen LogP contribution in [0.4, 0.5) is 31.4 Å². The van der Waals surface area contributed by atoms with E-state index < -0.39 is 53.0 Å². The minimum atomic E-state index is -1.02. The number of nitrogens with zero attached hydrogens (tertiary/aromatic N) is 5. The summed E-state index contributed by atoms with van der Waals surface area (Å²) in [6, 6.07) is 28.5. The minimum absolute atomic E-state index is 0.0611. The van der Waals surface area contributed by atoms with E-state index in [0.717, 1.165) is 43.4 Å². The van der Waals surface area contributed by atoms with Gasteiger partial charge in [-0.25, -0.2) is 14.4 Å². The molecule has 26 nitrogen and oxygen atoms in total. The Bertz CT molecular complexity index is 4210. The number of H-pyrrole nitrogens is 1. The highest BCUT2D eigenvalue weighted by molar-refractivity contribution is 6.19. The van der Waals surface area contributed by atoms with Crippen LogP contribution in [0.15, 0.2) is 103 Å². The van der Waals surface area contributed by atoms with Gasteiger partial charge in [-0.15, -0.1) is 11.6 Å². The number of aromatic nitrogens is 1. The maximum Gasteiger partial charge on any atom is 0.415 e. The molecule has 1 aromatic heterocycles. The average Bonchev–Trinajstić information content (AvgIpc) is 1.58. The molecule has 27 heteroatoms. The Morgan fingerprint density at radius 2 is 1.38 bits per heavy atom. The molecule has 1 saturated heterocycles. The van der Waals surface area contributed by atoms with E-state index in [1.54, 1.807) is 97.9 Å². The van der Waals surface area contributed by atoms with Crippen molar-refractivity contribution in [1.82, 2.24) is 45.9 Å². The fourth-order valence-electron chi connectivity index (χ4n) is 14.7. The van der Waals surface area contributed by atoms with Crippen molar-refractivity contribution >= 4 is 104 Å². The number of anilines is 3. The molecule has 1 saturated carbocycles. The minimum Gasteiger partial charge on any atom is -0.492 e. The maximum atomic E-state index is 14.6. The van der Waals surface area contributed by atoms with Gasteiger partial charge in [0.2, 0.25) is 23.6 Å². The molecular formula is C87H121ClN12O14. The Balaban J connectivity index is 0.718. The first-order chi connectivity index (χ1) is 54.6. The summed E-state index contributed by atoms with van der Waals surface area (Å²) < 4.78 is 29.5. The second-order valence-electron chi connectivity index (χ2n) is 32.8. The third-order valence-corrected chi connectivity index (χ3v) is 22.4. The number of unbranched alkanes of at least 4 members (excludes halogenated alkanes) is 1. The molecule has 0 spiro atoms. The van der Waals surface area contributed by atoms with Crippen LogP contribution in [-0.4, -0.2) is 209 Å². The van der Waals surface area contributed by atoms with Crippen LogP contribution in [-0.2, 0) is 40.0 Å². The second kappa shape index (κ2) is 42.7. The fourth-order valence-corrected chi connectivity index (χ4v) is 14.9. The first-order valence-electron chi connectivity index (χ1n) is 40.6. The van der Waals surface area contributed by atoms with Crippen LogP contribution in [0.3, 0.4) is 0 Å². The summed E-state index contributed by atoms with van der Waals surface area (Å²) in [7, 11) is 7.03. The summed E-state index contributed by atoms with van der Waals surface area (Å²) in [6.45, 7) is 18.4. The zero-order valence-electron chi connectivity index (χ0n) is 68.6. The molecule has 3 heterocycles. The highest BCUT2D eigenvalue weighted by Gasteiger charge is 2.38. The number of fused-ring (bicyclic) bond motifs is 4. The number of carbonyl (C=O) groups is 9. The molecule has 6 aromatic rings. The van der Waals surface area contributed by atoms with Gasteiger partial charge in [0, 0.05) is 129 Å². The van der Waals surface area contributed by atoms with Crippen LogP contribution < -0.4 is 46.3 Å². The molecule has 620 valence electrons. The molecule has 1 aliphatic carbocycles. The number of carbonyl (C=O) groups excluding carboxylic acids is 9. The number of halogens is 1. The predicted molar refractivity (Wildman–Crippen MR) is 446 cm³/mol. The van der Waals surface area contributed by atoms with Gasteiger partial charge in [-0.05, 0) is 173 Å². The van der Waals surface area contributed by atoms with Gasteiger partial charge in [0.15, 0.2) is 0 Å². The maximum absolute atomic E-state index is 14.6. The Kier molecular flexibility index (Phi) is 33.2. The smallest absolute Gasteiger partial charge is 0.415 e. The van der Waals surface area contributed by atoms with Crippen molar-refractivity contribution in [3.05, 3.63) is 126 Å². The molecule has 4 unspecified atom stereocenters. The molecule has 0 bridgehead atoms. The quantitative estimate of drug-likeness (QED) is 0.0141. The molecule has 114 heavy (non-hydrogen) atoms. The van der Waals surface area contributed by atoms with Crippen molar-refractivity contribution in [3.8, 4) is 11.5 Å². The molecule has 0 radical (unpaired) electrons. The molecule has 9 rings (SSSR count). The van der Waals surface area contributed by atoms with Gasteiger partial charge < -0.3 is 85.1 Å². The number of likely N-dealkylation sites (N-methyl/N-ethyl adjacent to an activating group) is 3. The molecule has 9 amide bonds. The lowest BCUT2D eigenvalue weighted by molar-refractivity contribution is -0.133. The molecule has 2 aliphatic heterocycles. The number of likely N-dealkylation sites (tertiary alicyclic amines) is 1. The van der Waals surface area contributed by atoms with E-state index in [4.69, 9.17) is 35.3 Å². The van der Waals surface area contributed by atoms with E-state index in [9.17, 15) is 43.2 Å². The van der Waals surface area contributed by atoms with Gasteiger partial charge in [0.1, 0.15) is 42.5 Å². The van der Waals surface area contributed by atoms with Crippen LogP contribution >= 0.6 is 11.6 Å². The van der Waals surface area contributed by atoms with E-state index >= 15 is 0 Å². The lowest BCUT2D eigenvalue weighted by atomic mass is 9.84. The molecule has 5 aromatic carbocycles. The molecule has 7 N–H and O–H groups in total. The van der Waals surface area contributed by atoms with E-state index in [-0.39, 0.29) is 92.8 Å². The number of amides is 9. The van der Waals surface area contributed by atoms with E-state index in [1.165, 1.54) is 68.1 Å². The summed E-state index contributed by atoms with van der Waals surface area (Å²) in [5.74, 6) is -1.33. The SMILES string of the molecule is CCC(C)(COCC(C)(C)CNC(=O)OCC1CCN(C2CCCCCCCC2)CC1)CC(=O)NC(C(=O)NC(CCCCNC(C)=O)C(=O)Nc1ccc(COC(=O)N(C)CCN(C)C(=O)Oc2cc3c(c4ccccc24)C(CCl)CN3C(=O)c2cc3cc(NC(=O)c4ccc(OCCN(C)C)cc4)ccc3[nH]2)cc1)C(C)C. The first kappa shape index (κ1) is 88.4. The van der Waals surface area contributed by atoms with Crippen molar-refractivity contribution in [2.75, 3.05) is 128 Å². The van der Waals surface area contributed by atoms with Gasteiger partial charge in [-0.3, -0.25) is 28.8 Å². The topological polar surface area (TPSA) is 304 Å². The lowest BCUT2D eigenvalue weighted by Crippen LogP contribution is -2.55. The zero-order chi connectivity index (χ0) is 82.1. The number of piperidine rings is 1. The number of benzene rings is 5. The number of hydrogen-bond donors (Lipinski definition) is 7. The summed E-state index contributed by atoms with van der Waals surface area (Å²) >= 11 is 6.64. The average molecular weight is 1590 g/mol. The van der Waals surface area contributed by atoms with Gasteiger partial charge >= 0.3 is 18.3 Å². The normalized spacial score (nSPS) is 16.1. The number of alkyl carbamates (subject to hydrolysis) is 1. The van der Waals surface area contributed by atoms with Crippen molar-refractivity contribution in [1.29, 1.82) is 0 Å². The van der Waals surface area contributed by atoms with E-state index in [0.29, 0.717) is 120 Å². The standard InChI is InChI=1S/C87H121ClN12O14/c1-12-87(7,57-110-56-86(5,6)55-90-83(107)112-53-61-38-41-99(42-39-61)67-23-17-15-13-14-16-18-24-67)50-76(102)95-78(58(2)3)81(105)94-72(27-21-22-40-89-59(4)101)80(104)91-65-32-28-60(29-33-65)54-113-84(108)97(10)43-44-98(11)85(109)114-75-49-74-77(70-26-20-19-25-69(70)75)64(51-88)52-100(74)82(106)73-48-63-47-66(34-37-71(63)93-73)92-79(103)62-30-35-68(36-31-62)111-46-45-96(8)9/h19-20,25-26,28-37,47-49,58,61,64,67,72,78,93H,12-18,21-24,27,38-46,50-57H2,1-11H3,(H,89,101)(H,90,107)(H,91,104)(H,92,103)(H,94,105)(H,95,102). The Labute approximate surface area is 676 Å². The van der Waals surface area contributed by atoms with Gasteiger partial charge in [-0.2, -0.15) is 0 Å². The Morgan fingerprint density at radius 1 is 0.702 bits per heavy atom. The van der Waals surface area contributed by atoms with Crippen LogP contribution in [0.2, 0.25) is 0 Å².